The third kappa shape index (κ3) is 3.60. The van der Waals surface area contributed by atoms with Crippen molar-refractivity contribution in [1.82, 2.24) is 10.6 Å². The van der Waals surface area contributed by atoms with Crippen LogP contribution in [0.15, 0.2) is 58.6 Å². The highest BCUT2D eigenvalue weighted by Crippen LogP contribution is 2.37. The predicted octanol–water partition coefficient (Wildman–Crippen LogP) is 3.98. The summed E-state index contributed by atoms with van der Waals surface area (Å²) in [6.07, 6.45) is 0. The minimum atomic E-state index is -0.395. The van der Waals surface area contributed by atoms with E-state index in [1.165, 1.54) is 0 Å². The van der Waals surface area contributed by atoms with Crippen molar-refractivity contribution in [2.75, 3.05) is 7.11 Å². The van der Waals surface area contributed by atoms with E-state index in [4.69, 9.17) is 17.0 Å². The van der Waals surface area contributed by atoms with Crippen LogP contribution in [0.3, 0.4) is 0 Å². The maximum Gasteiger partial charge on any atom is 0.171 e. The van der Waals surface area contributed by atoms with E-state index in [1.54, 1.807) is 14.0 Å². The minimum absolute atomic E-state index is 0.0339. The molecule has 0 bridgehead atoms. The van der Waals surface area contributed by atoms with Crippen molar-refractivity contribution in [3.63, 3.8) is 0 Å². The highest BCUT2D eigenvalue weighted by Gasteiger charge is 2.32. The van der Waals surface area contributed by atoms with E-state index in [0.29, 0.717) is 16.4 Å². The fourth-order valence-corrected chi connectivity index (χ4v) is 3.54. The van der Waals surface area contributed by atoms with Crippen molar-refractivity contribution in [1.29, 1.82) is 0 Å². The summed E-state index contributed by atoms with van der Waals surface area (Å²) >= 11 is 8.88. The Morgan fingerprint density at radius 2 is 1.92 bits per heavy atom. The largest absolute Gasteiger partial charge is 0.496 e. The molecule has 25 heavy (non-hydrogen) atoms. The van der Waals surface area contributed by atoms with Gasteiger partial charge in [-0.25, -0.2) is 0 Å². The van der Waals surface area contributed by atoms with E-state index in [0.717, 1.165) is 21.3 Å². The average Bonchev–Trinajstić information content (AvgIpc) is 2.61. The summed E-state index contributed by atoms with van der Waals surface area (Å²) in [4.78, 5) is 12.5. The first-order valence-corrected chi connectivity index (χ1v) is 8.93. The predicted molar refractivity (Wildman–Crippen MR) is 106 cm³/mol. The van der Waals surface area contributed by atoms with Crippen LogP contribution in [0.5, 0.6) is 5.75 Å². The van der Waals surface area contributed by atoms with Crippen LogP contribution in [0.2, 0.25) is 0 Å². The summed E-state index contributed by atoms with van der Waals surface area (Å²) in [5.41, 5.74) is 3.11. The summed E-state index contributed by atoms with van der Waals surface area (Å²) in [5.74, 6) is 0.657. The van der Waals surface area contributed by atoms with Crippen molar-refractivity contribution < 1.29 is 9.53 Å². The van der Waals surface area contributed by atoms with E-state index in [1.807, 2.05) is 48.5 Å². The number of ether oxygens (including phenoxy) is 1. The molecule has 6 heteroatoms. The van der Waals surface area contributed by atoms with E-state index in [2.05, 4.69) is 26.6 Å². The SMILES string of the molecule is COc1ccc(Br)cc1[C@H]1NC(=S)NC(c2ccccc2)=C1C(C)=O. The topological polar surface area (TPSA) is 50.4 Å². The van der Waals surface area contributed by atoms with Gasteiger partial charge in [0.15, 0.2) is 10.9 Å². The van der Waals surface area contributed by atoms with E-state index >= 15 is 0 Å². The minimum Gasteiger partial charge on any atom is -0.496 e. The molecular formula is C19H17BrN2O2S. The number of Topliss-reactive ketones (excluding diaryl/α,β-unsaturated/α-hetero) is 1. The molecule has 2 aromatic rings. The Bertz CT molecular complexity index is 865. The quantitative estimate of drug-likeness (QED) is 0.738. The summed E-state index contributed by atoms with van der Waals surface area (Å²) in [7, 11) is 1.61. The van der Waals surface area contributed by atoms with Crippen molar-refractivity contribution in [3.8, 4) is 5.75 Å². The third-order valence-corrected chi connectivity index (χ3v) is 4.73. The number of nitrogens with one attached hydrogen (secondary N) is 2. The van der Waals surface area contributed by atoms with Crippen LogP contribution in [-0.2, 0) is 4.79 Å². The Hall–Kier alpha value is -2.18. The molecule has 1 aliphatic heterocycles. The van der Waals surface area contributed by atoms with Gasteiger partial charge in [0.2, 0.25) is 0 Å². The maximum absolute atomic E-state index is 12.5. The second-order valence-electron chi connectivity index (χ2n) is 5.63. The molecule has 2 aromatic carbocycles. The van der Waals surface area contributed by atoms with Gasteiger partial charge in [0, 0.05) is 15.6 Å². The lowest BCUT2D eigenvalue weighted by molar-refractivity contribution is -0.113. The summed E-state index contributed by atoms with van der Waals surface area (Å²) in [5, 5.41) is 6.82. The van der Waals surface area contributed by atoms with Gasteiger partial charge in [0.1, 0.15) is 5.75 Å². The van der Waals surface area contributed by atoms with Crippen LogP contribution >= 0.6 is 28.1 Å². The number of carbonyl (C=O) groups excluding carboxylic acids is 1. The molecule has 0 aromatic heterocycles. The zero-order valence-electron chi connectivity index (χ0n) is 13.8. The molecule has 0 amide bonds. The lowest BCUT2D eigenvalue weighted by Crippen LogP contribution is -2.44. The summed E-state index contributed by atoms with van der Waals surface area (Å²) in [6, 6.07) is 15.0. The molecule has 4 nitrogen and oxygen atoms in total. The van der Waals surface area contributed by atoms with Gasteiger partial charge in [0.05, 0.1) is 18.8 Å². The molecule has 0 saturated heterocycles. The molecule has 1 aliphatic rings. The van der Waals surface area contributed by atoms with Crippen LogP contribution in [0, 0.1) is 0 Å². The van der Waals surface area contributed by atoms with Gasteiger partial charge in [-0.05, 0) is 42.9 Å². The number of halogens is 1. The number of carbonyl (C=O) groups is 1. The van der Waals surface area contributed by atoms with Crippen LogP contribution in [0.25, 0.3) is 5.70 Å². The lowest BCUT2D eigenvalue weighted by atomic mass is 9.90. The number of methoxy groups -OCH3 is 1. The van der Waals surface area contributed by atoms with Crippen molar-refractivity contribution in [2.24, 2.45) is 0 Å². The van der Waals surface area contributed by atoms with Crippen molar-refractivity contribution in [3.05, 3.63) is 69.7 Å². The second kappa shape index (κ2) is 7.37. The monoisotopic (exact) mass is 416 g/mol. The number of ketones is 1. The first-order valence-electron chi connectivity index (χ1n) is 7.72. The molecule has 0 radical (unpaired) electrons. The normalized spacial score (nSPS) is 16.9. The van der Waals surface area contributed by atoms with Crippen LogP contribution in [0.1, 0.15) is 24.1 Å². The number of benzene rings is 2. The highest BCUT2D eigenvalue weighted by atomic mass is 79.9. The van der Waals surface area contributed by atoms with Gasteiger partial charge in [-0.15, -0.1) is 0 Å². The first-order chi connectivity index (χ1) is 12.0. The number of hydrogen-bond acceptors (Lipinski definition) is 3. The number of hydrogen-bond donors (Lipinski definition) is 2. The Morgan fingerprint density at radius 3 is 2.56 bits per heavy atom. The van der Waals surface area contributed by atoms with Gasteiger partial charge in [0.25, 0.3) is 0 Å². The Labute approximate surface area is 160 Å². The van der Waals surface area contributed by atoms with Crippen LogP contribution in [-0.4, -0.2) is 18.0 Å². The van der Waals surface area contributed by atoms with Gasteiger partial charge < -0.3 is 15.4 Å². The van der Waals surface area contributed by atoms with Gasteiger partial charge in [-0.1, -0.05) is 46.3 Å². The number of rotatable bonds is 4. The molecule has 3 rings (SSSR count). The van der Waals surface area contributed by atoms with Gasteiger partial charge in [-0.3, -0.25) is 4.79 Å². The van der Waals surface area contributed by atoms with E-state index < -0.39 is 6.04 Å². The molecule has 1 atom stereocenters. The molecule has 128 valence electrons. The van der Waals surface area contributed by atoms with E-state index in [-0.39, 0.29) is 5.78 Å². The fourth-order valence-electron chi connectivity index (χ4n) is 2.94. The zero-order chi connectivity index (χ0) is 18.0. The van der Waals surface area contributed by atoms with Gasteiger partial charge >= 0.3 is 0 Å². The lowest BCUT2D eigenvalue weighted by Gasteiger charge is -2.32. The molecule has 0 aliphatic carbocycles. The molecule has 2 N–H and O–H groups in total. The molecule has 0 saturated carbocycles. The Balaban J connectivity index is 2.23. The second-order valence-corrected chi connectivity index (χ2v) is 6.95. The molecule has 0 spiro atoms. The maximum atomic E-state index is 12.5. The standard InChI is InChI=1S/C19H17BrN2O2S/c1-11(23)16-17(12-6-4-3-5-7-12)21-19(25)22-18(16)14-10-13(20)8-9-15(14)24-2/h3-10,18H,1-2H3,(H2,21,22,25)/t18-/m1/s1. The number of thiocarbonyl (C=S) groups is 1. The van der Waals surface area contributed by atoms with Gasteiger partial charge in [-0.2, -0.15) is 0 Å². The fraction of sp³-hybridized carbons (Fsp3) is 0.158. The Kier molecular flexibility index (Phi) is 5.20. The first kappa shape index (κ1) is 17.6. The average molecular weight is 417 g/mol. The van der Waals surface area contributed by atoms with Crippen LogP contribution in [0.4, 0.5) is 0 Å². The molecule has 0 fully saturated rings. The summed E-state index contributed by atoms with van der Waals surface area (Å²) < 4.78 is 6.40. The third-order valence-electron chi connectivity index (χ3n) is 4.02. The highest BCUT2D eigenvalue weighted by molar-refractivity contribution is 9.10. The smallest absolute Gasteiger partial charge is 0.171 e. The molecule has 0 unspecified atom stereocenters. The van der Waals surface area contributed by atoms with Crippen LogP contribution < -0.4 is 15.4 Å². The molecular weight excluding hydrogens is 400 g/mol. The van der Waals surface area contributed by atoms with Crippen molar-refractivity contribution in [2.45, 2.75) is 13.0 Å². The zero-order valence-corrected chi connectivity index (χ0v) is 16.2. The van der Waals surface area contributed by atoms with E-state index in [9.17, 15) is 4.79 Å². The van der Waals surface area contributed by atoms with Crippen molar-refractivity contribution >= 4 is 44.7 Å². The summed E-state index contributed by atoms with van der Waals surface area (Å²) in [6.45, 7) is 1.56. The molecule has 1 heterocycles. The Morgan fingerprint density at radius 1 is 1.20 bits per heavy atom.